The molecule has 0 aromatic heterocycles. The molecule has 0 saturated heterocycles. The summed E-state index contributed by atoms with van der Waals surface area (Å²) in [6.07, 6.45) is 1.76. The van der Waals surface area contributed by atoms with Gasteiger partial charge in [0, 0.05) is 5.56 Å². The van der Waals surface area contributed by atoms with Gasteiger partial charge in [-0.3, -0.25) is 4.79 Å². The summed E-state index contributed by atoms with van der Waals surface area (Å²) in [5.74, 6) is 2.11. The van der Waals surface area contributed by atoms with Crippen molar-refractivity contribution < 1.29 is 19.0 Å². The van der Waals surface area contributed by atoms with Crippen LogP contribution >= 0.6 is 0 Å². The van der Waals surface area contributed by atoms with E-state index in [1.165, 1.54) is 5.56 Å². The third-order valence-corrected chi connectivity index (χ3v) is 4.50. The summed E-state index contributed by atoms with van der Waals surface area (Å²) in [7, 11) is 1.54. The van der Waals surface area contributed by atoms with Crippen molar-refractivity contribution in [1.29, 1.82) is 0 Å². The SMILES string of the molecule is CCC(C)(C)c1ccc(Oc2cc(C=O)cc(OC)c2OC(C)C)cc1. The molecule has 0 heterocycles. The maximum atomic E-state index is 11.2. The zero-order valence-corrected chi connectivity index (χ0v) is 16.5. The van der Waals surface area contributed by atoms with Crippen LogP contribution in [0.15, 0.2) is 36.4 Å². The Morgan fingerprint density at radius 1 is 1.08 bits per heavy atom. The summed E-state index contributed by atoms with van der Waals surface area (Å²) in [6, 6.07) is 11.3. The van der Waals surface area contributed by atoms with Gasteiger partial charge in [-0.2, -0.15) is 0 Å². The molecular weight excluding hydrogens is 328 g/mol. The highest BCUT2D eigenvalue weighted by molar-refractivity contribution is 5.78. The van der Waals surface area contributed by atoms with Crippen LogP contribution in [0.4, 0.5) is 0 Å². The van der Waals surface area contributed by atoms with Crippen LogP contribution in [0.1, 0.15) is 57.0 Å². The van der Waals surface area contributed by atoms with E-state index < -0.39 is 0 Å². The van der Waals surface area contributed by atoms with Crippen molar-refractivity contribution in [3.05, 3.63) is 47.5 Å². The third-order valence-electron chi connectivity index (χ3n) is 4.50. The molecule has 140 valence electrons. The first kappa shape index (κ1) is 19.8. The number of hydrogen-bond acceptors (Lipinski definition) is 4. The van der Waals surface area contributed by atoms with Gasteiger partial charge in [0.2, 0.25) is 5.75 Å². The van der Waals surface area contributed by atoms with Gasteiger partial charge in [-0.05, 0) is 55.5 Å². The molecule has 0 fully saturated rings. The fraction of sp³-hybridized carbons (Fsp3) is 0.409. The summed E-state index contributed by atoms with van der Waals surface area (Å²) in [5, 5.41) is 0. The van der Waals surface area contributed by atoms with Crippen molar-refractivity contribution in [1.82, 2.24) is 0 Å². The molecule has 0 saturated carbocycles. The molecule has 0 N–H and O–H groups in total. The zero-order valence-electron chi connectivity index (χ0n) is 16.5. The van der Waals surface area contributed by atoms with Crippen molar-refractivity contribution in [3.63, 3.8) is 0 Å². The molecule has 4 heteroatoms. The smallest absolute Gasteiger partial charge is 0.204 e. The first-order valence-corrected chi connectivity index (χ1v) is 8.93. The van der Waals surface area contributed by atoms with Crippen LogP contribution in [0, 0.1) is 0 Å². The van der Waals surface area contributed by atoms with Gasteiger partial charge < -0.3 is 14.2 Å². The molecule has 0 atom stereocenters. The Morgan fingerprint density at radius 2 is 1.69 bits per heavy atom. The zero-order chi connectivity index (χ0) is 19.3. The molecule has 0 aliphatic heterocycles. The Balaban J connectivity index is 2.39. The lowest BCUT2D eigenvalue weighted by Crippen LogP contribution is -2.14. The molecule has 2 aromatic rings. The first-order chi connectivity index (χ1) is 12.3. The highest BCUT2D eigenvalue weighted by Crippen LogP contribution is 2.41. The van der Waals surface area contributed by atoms with E-state index in [1.807, 2.05) is 26.0 Å². The average Bonchev–Trinajstić information content (AvgIpc) is 2.63. The number of carbonyl (C=O) groups is 1. The second kappa shape index (κ2) is 8.26. The monoisotopic (exact) mass is 356 g/mol. The fourth-order valence-corrected chi connectivity index (χ4v) is 2.55. The highest BCUT2D eigenvalue weighted by Gasteiger charge is 2.19. The Bertz CT molecular complexity index is 745. The summed E-state index contributed by atoms with van der Waals surface area (Å²) in [5.41, 5.74) is 1.84. The topological polar surface area (TPSA) is 44.8 Å². The lowest BCUT2D eigenvalue weighted by Gasteiger charge is -2.23. The first-order valence-electron chi connectivity index (χ1n) is 8.93. The minimum absolute atomic E-state index is 0.0546. The van der Waals surface area contributed by atoms with Crippen LogP contribution in [-0.2, 0) is 5.41 Å². The molecule has 0 aliphatic carbocycles. The maximum Gasteiger partial charge on any atom is 0.204 e. The van der Waals surface area contributed by atoms with Gasteiger partial charge >= 0.3 is 0 Å². The summed E-state index contributed by atoms with van der Waals surface area (Å²) >= 11 is 0. The number of ether oxygens (including phenoxy) is 3. The number of aldehydes is 1. The van der Waals surface area contributed by atoms with Gasteiger partial charge in [-0.1, -0.05) is 32.9 Å². The van der Waals surface area contributed by atoms with Crippen molar-refractivity contribution >= 4 is 6.29 Å². The highest BCUT2D eigenvalue weighted by atomic mass is 16.5. The molecule has 0 radical (unpaired) electrons. The fourth-order valence-electron chi connectivity index (χ4n) is 2.55. The molecule has 0 spiro atoms. The van der Waals surface area contributed by atoms with Crippen LogP contribution in [0.3, 0.4) is 0 Å². The van der Waals surface area contributed by atoms with E-state index in [9.17, 15) is 4.79 Å². The molecule has 0 aliphatic rings. The number of benzene rings is 2. The Kier molecular flexibility index (Phi) is 6.30. The minimum atomic E-state index is -0.0546. The van der Waals surface area contributed by atoms with E-state index in [2.05, 4.69) is 32.9 Å². The molecule has 0 bridgehead atoms. The normalized spacial score (nSPS) is 11.3. The molecular formula is C22H28O4. The van der Waals surface area contributed by atoms with Crippen LogP contribution in [-0.4, -0.2) is 19.5 Å². The lowest BCUT2D eigenvalue weighted by atomic mass is 9.82. The van der Waals surface area contributed by atoms with Crippen molar-refractivity contribution in [2.45, 2.75) is 52.6 Å². The second-order valence-electron chi connectivity index (χ2n) is 7.20. The number of methoxy groups -OCH3 is 1. The van der Waals surface area contributed by atoms with Crippen molar-refractivity contribution in [2.75, 3.05) is 7.11 Å². The Morgan fingerprint density at radius 3 is 2.19 bits per heavy atom. The van der Waals surface area contributed by atoms with E-state index in [4.69, 9.17) is 14.2 Å². The predicted molar refractivity (Wildman–Crippen MR) is 104 cm³/mol. The van der Waals surface area contributed by atoms with E-state index >= 15 is 0 Å². The number of hydrogen-bond donors (Lipinski definition) is 0. The summed E-state index contributed by atoms with van der Waals surface area (Å²) in [4.78, 5) is 11.2. The molecule has 0 unspecified atom stereocenters. The number of carbonyl (C=O) groups excluding carboxylic acids is 1. The predicted octanol–water partition coefficient (Wildman–Crippen LogP) is 5.77. The Hall–Kier alpha value is -2.49. The van der Waals surface area contributed by atoms with Crippen LogP contribution in [0.25, 0.3) is 0 Å². The van der Waals surface area contributed by atoms with Gasteiger partial charge in [0.05, 0.1) is 13.2 Å². The van der Waals surface area contributed by atoms with Crippen LogP contribution in [0.5, 0.6) is 23.0 Å². The van der Waals surface area contributed by atoms with Crippen LogP contribution in [0.2, 0.25) is 0 Å². The third kappa shape index (κ3) is 4.57. The van der Waals surface area contributed by atoms with Gasteiger partial charge in [-0.25, -0.2) is 0 Å². The number of rotatable bonds is 8. The van der Waals surface area contributed by atoms with Crippen molar-refractivity contribution in [3.8, 4) is 23.0 Å². The van der Waals surface area contributed by atoms with Gasteiger partial charge in [0.15, 0.2) is 11.5 Å². The average molecular weight is 356 g/mol. The molecule has 0 amide bonds. The maximum absolute atomic E-state index is 11.2. The molecule has 2 rings (SSSR count). The van der Waals surface area contributed by atoms with Crippen LogP contribution < -0.4 is 14.2 Å². The summed E-state index contributed by atoms with van der Waals surface area (Å²) in [6.45, 7) is 10.5. The van der Waals surface area contributed by atoms with Gasteiger partial charge in [0.1, 0.15) is 12.0 Å². The molecule has 26 heavy (non-hydrogen) atoms. The van der Waals surface area contributed by atoms with Gasteiger partial charge in [-0.15, -0.1) is 0 Å². The largest absolute Gasteiger partial charge is 0.493 e. The standard InChI is InChI=1S/C22H28O4/c1-7-22(4,5)17-8-10-18(11-9-17)26-20-13-16(14-23)12-19(24-6)21(20)25-15(2)3/h8-15H,7H2,1-6H3. The summed E-state index contributed by atoms with van der Waals surface area (Å²) < 4.78 is 17.3. The van der Waals surface area contributed by atoms with Gasteiger partial charge in [0.25, 0.3) is 0 Å². The second-order valence-corrected chi connectivity index (χ2v) is 7.20. The minimum Gasteiger partial charge on any atom is -0.493 e. The van der Waals surface area contributed by atoms with E-state index in [0.29, 0.717) is 28.6 Å². The van der Waals surface area contributed by atoms with E-state index in [-0.39, 0.29) is 11.5 Å². The van der Waals surface area contributed by atoms with E-state index in [0.717, 1.165) is 12.7 Å². The Labute approximate surface area is 156 Å². The van der Waals surface area contributed by atoms with Crippen molar-refractivity contribution in [2.24, 2.45) is 0 Å². The quantitative estimate of drug-likeness (QED) is 0.563. The lowest BCUT2D eigenvalue weighted by molar-refractivity contribution is 0.112. The van der Waals surface area contributed by atoms with E-state index in [1.54, 1.807) is 19.2 Å². The molecule has 2 aromatic carbocycles. The molecule has 4 nitrogen and oxygen atoms in total.